The van der Waals surface area contributed by atoms with Crippen LogP contribution < -0.4 is 5.32 Å². The molecule has 1 atom stereocenters. The van der Waals surface area contributed by atoms with Crippen molar-refractivity contribution in [2.45, 2.75) is 26.3 Å². The molecule has 1 aromatic rings. The molecule has 1 unspecified atom stereocenters. The maximum Gasteiger partial charge on any atom is 0.308 e. The summed E-state index contributed by atoms with van der Waals surface area (Å²) < 4.78 is 6.90. The Hall–Kier alpha value is -1.89. The van der Waals surface area contributed by atoms with E-state index in [2.05, 4.69) is 10.4 Å². The summed E-state index contributed by atoms with van der Waals surface area (Å²) in [5.41, 5.74) is 0.452. The third-order valence-electron chi connectivity index (χ3n) is 3.85. The summed E-state index contributed by atoms with van der Waals surface area (Å²) in [5, 5.41) is 16.1. The Bertz CT molecular complexity index is 494. The number of nitrogens with one attached hydrogen (secondary N) is 1. The van der Waals surface area contributed by atoms with E-state index in [0.717, 1.165) is 12.8 Å². The van der Waals surface area contributed by atoms with Crippen LogP contribution in [0.2, 0.25) is 0 Å². The number of aryl methyl sites for hydroxylation is 1. The number of ether oxygens (including phenoxy) is 1. The van der Waals surface area contributed by atoms with E-state index >= 15 is 0 Å². The molecule has 1 aromatic heterocycles. The number of amides is 1. The van der Waals surface area contributed by atoms with Gasteiger partial charge in [-0.2, -0.15) is 5.10 Å². The summed E-state index contributed by atoms with van der Waals surface area (Å²) in [4.78, 5) is 23.4. The first-order chi connectivity index (χ1) is 10.1. The van der Waals surface area contributed by atoms with Crippen LogP contribution in [0.25, 0.3) is 0 Å². The highest BCUT2D eigenvalue weighted by Crippen LogP contribution is 2.23. The molecule has 0 spiro atoms. The standard InChI is InChI=1S/C14H21N3O4/c1-2-17-9-11(7-16-17)13(18)15-8-12(14(19)20)10-3-5-21-6-4-10/h7,9-10,12H,2-6,8H2,1H3,(H,15,18)(H,19,20). The minimum Gasteiger partial charge on any atom is -0.481 e. The largest absolute Gasteiger partial charge is 0.481 e. The van der Waals surface area contributed by atoms with Crippen molar-refractivity contribution in [3.8, 4) is 0 Å². The number of carbonyl (C=O) groups excluding carboxylic acids is 1. The van der Waals surface area contributed by atoms with E-state index < -0.39 is 11.9 Å². The van der Waals surface area contributed by atoms with Gasteiger partial charge in [-0.3, -0.25) is 14.3 Å². The number of rotatable bonds is 6. The van der Waals surface area contributed by atoms with E-state index in [4.69, 9.17) is 4.74 Å². The zero-order valence-corrected chi connectivity index (χ0v) is 12.1. The molecule has 0 radical (unpaired) electrons. The van der Waals surface area contributed by atoms with Crippen LogP contribution in [0.5, 0.6) is 0 Å². The molecule has 1 saturated heterocycles. The van der Waals surface area contributed by atoms with Crippen molar-refractivity contribution in [2.75, 3.05) is 19.8 Å². The minimum atomic E-state index is -0.869. The summed E-state index contributed by atoms with van der Waals surface area (Å²) in [6.45, 7) is 3.93. The molecule has 2 heterocycles. The third kappa shape index (κ3) is 4.04. The highest BCUT2D eigenvalue weighted by molar-refractivity contribution is 5.93. The number of carboxylic acids is 1. The van der Waals surface area contributed by atoms with E-state index in [1.165, 1.54) is 6.20 Å². The topological polar surface area (TPSA) is 93.5 Å². The first kappa shape index (κ1) is 15.5. The number of aliphatic carboxylic acids is 1. The number of hydrogen-bond acceptors (Lipinski definition) is 4. The van der Waals surface area contributed by atoms with Crippen LogP contribution in [-0.4, -0.2) is 46.5 Å². The Morgan fingerprint density at radius 2 is 2.24 bits per heavy atom. The quantitative estimate of drug-likeness (QED) is 0.808. The predicted molar refractivity (Wildman–Crippen MR) is 74.9 cm³/mol. The van der Waals surface area contributed by atoms with Crippen molar-refractivity contribution >= 4 is 11.9 Å². The molecule has 0 saturated carbocycles. The first-order valence-electron chi connectivity index (χ1n) is 7.23. The first-order valence-corrected chi connectivity index (χ1v) is 7.23. The van der Waals surface area contributed by atoms with Gasteiger partial charge in [0.25, 0.3) is 5.91 Å². The molecule has 7 heteroatoms. The van der Waals surface area contributed by atoms with E-state index in [0.29, 0.717) is 25.3 Å². The van der Waals surface area contributed by atoms with Crippen molar-refractivity contribution in [3.05, 3.63) is 18.0 Å². The lowest BCUT2D eigenvalue weighted by Gasteiger charge is -2.27. The molecular weight excluding hydrogens is 274 g/mol. The molecule has 0 bridgehead atoms. The van der Waals surface area contributed by atoms with Gasteiger partial charge in [-0.25, -0.2) is 0 Å². The molecule has 1 aliphatic heterocycles. The van der Waals surface area contributed by atoms with E-state index in [-0.39, 0.29) is 18.4 Å². The van der Waals surface area contributed by atoms with Gasteiger partial charge in [0.15, 0.2) is 0 Å². The van der Waals surface area contributed by atoms with Gasteiger partial charge in [0, 0.05) is 32.5 Å². The Morgan fingerprint density at radius 3 is 2.81 bits per heavy atom. The second kappa shape index (κ2) is 7.21. The van der Waals surface area contributed by atoms with E-state index in [1.54, 1.807) is 10.9 Å². The van der Waals surface area contributed by atoms with E-state index in [1.807, 2.05) is 6.92 Å². The lowest BCUT2D eigenvalue weighted by Crippen LogP contribution is -2.38. The van der Waals surface area contributed by atoms with Gasteiger partial charge < -0.3 is 15.2 Å². The molecule has 2 rings (SSSR count). The molecule has 0 aromatic carbocycles. The average Bonchev–Trinajstić information content (AvgIpc) is 2.97. The van der Waals surface area contributed by atoms with Crippen LogP contribution in [-0.2, 0) is 16.1 Å². The highest BCUT2D eigenvalue weighted by Gasteiger charge is 2.30. The lowest BCUT2D eigenvalue weighted by atomic mass is 9.86. The number of carbonyl (C=O) groups is 2. The lowest BCUT2D eigenvalue weighted by molar-refractivity contribution is -0.144. The molecule has 2 N–H and O–H groups in total. The van der Waals surface area contributed by atoms with Gasteiger partial charge in [0.05, 0.1) is 17.7 Å². The molecular formula is C14H21N3O4. The fourth-order valence-corrected chi connectivity index (χ4v) is 2.53. The SMILES string of the molecule is CCn1cc(C(=O)NCC(C(=O)O)C2CCOCC2)cn1. The van der Waals surface area contributed by atoms with Gasteiger partial charge in [0.2, 0.25) is 0 Å². The number of nitrogens with zero attached hydrogens (tertiary/aromatic N) is 2. The van der Waals surface area contributed by atoms with Gasteiger partial charge in [-0.1, -0.05) is 0 Å². The Labute approximate surface area is 123 Å². The Balaban J connectivity index is 1.91. The van der Waals surface area contributed by atoms with Crippen molar-refractivity contribution < 1.29 is 19.4 Å². The number of hydrogen-bond donors (Lipinski definition) is 2. The van der Waals surface area contributed by atoms with Gasteiger partial charge >= 0.3 is 5.97 Å². The molecule has 1 aliphatic rings. The third-order valence-corrected chi connectivity index (χ3v) is 3.85. The Morgan fingerprint density at radius 1 is 1.52 bits per heavy atom. The Kier molecular flexibility index (Phi) is 5.32. The van der Waals surface area contributed by atoms with Gasteiger partial charge in [0.1, 0.15) is 0 Å². The maximum absolute atomic E-state index is 12.0. The van der Waals surface area contributed by atoms with Crippen molar-refractivity contribution in [3.63, 3.8) is 0 Å². The summed E-state index contributed by atoms with van der Waals surface area (Å²) in [7, 11) is 0. The second-order valence-electron chi connectivity index (χ2n) is 5.19. The van der Waals surface area contributed by atoms with Crippen molar-refractivity contribution in [1.82, 2.24) is 15.1 Å². The molecule has 21 heavy (non-hydrogen) atoms. The maximum atomic E-state index is 12.0. The van der Waals surface area contributed by atoms with E-state index in [9.17, 15) is 14.7 Å². The van der Waals surface area contributed by atoms with Crippen molar-refractivity contribution in [1.29, 1.82) is 0 Å². The van der Waals surface area contributed by atoms with Gasteiger partial charge in [-0.15, -0.1) is 0 Å². The average molecular weight is 295 g/mol. The molecule has 1 amide bonds. The summed E-state index contributed by atoms with van der Waals surface area (Å²) in [6, 6.07) is 0. The fourth-order valence-electron chi connectivity index (χ4n) is 2.53. The number of carboxylic acid groups (broad SMARTS) is 1. The zero-order valence-electron chi connectivity index (χ0n) is 12.1. The monoisotopic (exact) mass is 295 g/mol. The highest BCUT2D eigenvalue weighted by atomic mass is 16.5. The molecule has 1 fully saturated rings. The van der Waals surface area contributed by atoms with Crippen LogP contribution >= 0.6 is 0 Å². The predicted octanol–water partition coefficient (Wildman–Crippen LogP) is 0.760. The van der Waals surface area contributed by atoms with Crippen LogP contribution in [0.15, 0.2) is 12.4 Å². The zero-order chi connectivity index (χ0) is 15.2. The second-order valence-corrected chi connectivity index (χ2v) is 5.19. The summed E-state index contributed by atoms with van der Waals surface area (Å²) in [6.07, 6.45) is 4.59. The molecule has 7 nitrogen and oxygen atoms in total. The van der Waals surface area contributed by atoms with Gasteiger partial charge in [-0.05, 0) is 25.7 Å². The fraction of sp³-hybridized carbons (Fsp3) is 0.643. The van der Waals surface area contributed by atoms with Crippen LogP contribution in [0.1, 0.15) is 30.1 Å². The summed E-state index contributed by atoms with van der Waals surface area (Å²) >= 11 is 0. The normalized spacial score (nSPS) is 17.4. The minimum absolute atomic E-state index is 0.0508. The summed E-state index contributed by atoms with van der Waals surface area (Å²) in [5.74, 6) is -1.67. The van der Waals surface area contributed by atoms with Crippen LogP contribution in [0.3, 0.4) is 0 Å². The smallest absolute Gasteiger partial charge is 0.308 e. The molecule has 116 valence electrons. The molecule has 0 aliphatic carbocycles. The number of aromatic nitrogens is 2. The van der Waals surface area contributed by atoms with Crippen molar-refractivity contribution in [2.24, 2.45) is 11.8 Å². The van der Waals surface area contributed by atoms with Crippen LogP contribution in [0.4, 0.5) is 0 Å². The van der Waals surface area contributed by atoms with Crippen LogP contribution in [0, 0.1) is 11.8 Å².